The van der Waals surface area contributed by atoms with Crippen LogP contribution >= 0.6 is 15.9 Å². The Balaban J connectivity index is 1.83. The minimum absolute atomic E-state index is 0.0829. The molecule has 0 saturated carbocycles. The van der Waals surface area contributed by atoms with Crippen LogP contribution in [-0.4, -0.2) is 37.1 Å². The SMILES string of the molecule is N#CC(=Cc1cc(Br)ccc1OCc1ccccc1)C(=O)N1CCOCC1. The third-order valence-electron chi connectivity index (χ3n) is 4.16. The molecular formula is C21H19BrN2O3. The Morgan fingerprint density at radius 3 is 2.67 bits per heavy atom. The van der Waals surface area contributed by atoms with E-state index in [1.165, 1.54) is 0 Å². The van der Waals surface area contributed by atoms with Gasteiger partial charge in [-0.1, -0.05) is 46.3 Å². The minimum Gasteiger partial charge on any atom is -0.488 e. The topological polar surface area (TPSA) is 62.6 Å². The van der Waals surface area contributed by atoms with Gasteiger partial charge in [0.2, 0.25) is 0 Å². The van der Waals surface area contributed by atoms with Crippen molar-refractivity contribution < 1.29 is 14.3 Å². The van der Waals surface area contributed by atoms with E-state index in [-0.39, 0.29) is 11.5 Å². The van der Waals surface area contributed by atoms with Crippen LogP contribution in [0.2, 0.25) is 0 Å². The molecule has 1 amide bonds. The van der Waals surface area contributed by atoms with Gasteiger partial charge in [0.1, 0.15) is 24.0 Å². The molecule has 0 bridgehead atoms. The second-order valence-corrected chi connectivity index (χ2v) is 6.95. The molecule has 3 rings (SSSR count). The molecule has 1 saturated heterocycles. The number of rotatable bonds is 5. The lowest BCUT2D eigenvalue weighted by Gasteiger charge is -2.26. The number of hydrogen-bond acceptors (Lipinski definition) is 4. The van der Waals surface area contributed by atoms with Crippen LogP contribution in [0, 0.1) is 11.3 Å². The first-order valence-corrected chi connectivity index (χ1v) is 9.42. The fourth-order valence-corrected chi connectivity index (χ4v) is 3.11. The number of ether oxygens (including phenoxy) is 2. The quantitative estimate of drug-likeness (QED) is 0.538. The summed E-state index contributed by atoms with van der Waals surface area (Å²) in [5.74, 6) is 0.333. The lowest BCUT2D eigenvalue weighted by atomic mass is 10.1. The molecule has 0 N–H and O–H groups in total. The van der Waals surface area contributed by atoms with Gasteiger partial charge in [0.15, 0.2) is 0 Å². The molecule has 1 aliphatic heterocycles. The Morgan fingerprint density at radius 2 is 1.96 bits per heavy atom. The molecule has 0 spiro atoms. The van der Waals surface area contributed by atoms with Crippen LogP contribution in [0.4, 0.5) is 0 Å². The smallest absolute Gasteiger partial charge is 0.264 e. The van der Waals surface area contributed by atoms with Crippen LogP contribution < -0.4 is 4.74 Å². The van der Waals surface area contributed by atoms with E-state index in [2.05, 4.69) is 15.9 Å². The molecule has 27 heavy (non-hydrogen) atoms. The summed E-state index contributed by atoms with van der Waals surface area (Å²) < 4.78 is 12.0. The number of morpholine rings is 1. The highest BCUT2D eigenvalue weighted by Crippen LogP contribution is 2.27. The maximum Gasteiger partial charge on any atom is 0.264 e. The predicted octanol–water partition coefficient (Wildman–Crippen LogP) is 3.79. The van der Waals surface area contributed by atoms with E-state index >= 15 is 0 Å². The zero-order valence-electron chi connectivity index (χ0n) is 14.7. The molecule has 0 radical (unpaired) electrons. The van der Waals surface area contributed by atoms with E-state index in [4.69, 9.17) is 9.47 Å². The molecule has 0 aromatic heterocycles. The van der Waals surface area contributed by atoms with Gasteiger partial charge in [-0.15, -0.1) is 0 Å². The van der Waals surface area contributed by atoms with Gasteiger partial charge in [-0.3, -0.25) is 4.79 Å². The minimum atomic E-state index is -0.283. The largest absolute Gasteiger partial charge is 0.488 e. The van der Waals surface area contributed by atoms with Crippen LogP contribution in [-0.2, 0) is 16.1 Å². The number of amides is 1. The Labute approximate surface area is 166 Å². The fraction of sp³-hybridized carbons (Fsp3) is 0.238. The first-order chi connectivity index (χ1) is 13.2. The first kappa shape index (κ1) is 19.2. The van der Waals surface area contributed by atoms with E-state index < -0.39 is 0 Å². The second-order valence-electron chi connectivity index (χ2n) is 6.03. The summed E-state index contributed by atoms with van der Waals surface area (Å²) >= 11 is 3.44. The molecule has 0 atom stereocenters. The third-order valence-corrected chi connectivity index (χ3v) is 4.65. The molecule has 138 valence electrons. The van der Waals surface area contributed by atoms with Gasteiger partial charge in [0.05, 0.1) is 13.2 Å². The zero-order chi connectivity index (χ0) is 19.1. The van der Waals surface area contributed by atoms with Crippen molar-refractivity contribution in [3.8, 4) is 11.8 Å². The van der Waals surface area contributed by atoms with E-state index in [0.29, 0.717) is 44.2 Å². The molecule has 1 fully saturated rings. The van der Waals surface area contributed by atoms with Crippen molar-refractivity contribution in [1.29, 1.82) is 5.26 Å². The van der Waals surface area contributed by atoms with Gasteiger partial charge in [-0.05, 0) is 29.8 Å². The molecule has 2 aromatic rings. The molecule has 6 heteroatoms. The molecule has 1 heterocycles. The van der Waals surface area contributed by atoms with Crippen molar-refractivity contribution in [2.75, 3.05) is 26.3 Å². The maximum atomic E-state index is 12.6. The lowest BCUT2D eigenvalue weighted by molar-refractivity contribution is -0.130. The molecule has 5 nitrogen and oxygen atoms in total. The van der Waals surface area contributed by atoms with Crippen molar-refractivity contribution in [2.24, 2.45) is 0 Å². The van der Waals surface area contributed by atoms with E-state index in [0.717, 1.165) is 10.0 Å². The van der Waals surface area contributed by atoms with E-state index in [1.807, 2.05) is 54.6 Å². The summed E-state index contributed by atoms with van der Waals surface area (Å²) in [7, 11) is 0. The van der Waals surface area contributed by atoms with Gasteiger partial charge < -0.3 is 14.4 Å². The zero-order valence-corrected chi connectivity index (χ0v) is 16.3. The summed E-state index contributed by atoms with van der Waals surface area (Å²) in [6.45, 7) is 2.38. The average Bonchev–Trinajstić information content (AvgIpc) is 2.72. The van der Waals surface area contributed by atoms with Gasteiger partial charge in [0.25, 0.3) is 5.91 Å². The molecule has 0 unspecified atom stereocenters. The van der Waals surface area contributed by atoms with Crippen LogP contribution in [0.15, 0.2) is 58.6 Å². The summed E-state index contributed by atoms with van der Waals surface area (Å²) in [6.07, 6.45) is 1.59. The summed E-state index contributed by atoms with van der Waals surface area (Å²) in [5.41, 5.74) is 1.80. The normalized spacial score (nSPS) is 14.5. The van der Waals surface area contributed by atoms with Crippen LogP contribution in [0.1, 0.15) is 11.1 Å². The van der Waals surface area contributed by atoms with Gasteiger partial charge in [-0.2, -0.15) is 5.26 Å². The van der Waals surface area contributed by atoms with Crippen molar-refractivity contribution in [1.82, 2.24) is 4.90 Å². The third kappa shape index (κ3) is 5.19. The molecule has 0 aliphatic carbocycles. The molecule has 1 aliphatic rings. The lowest BCUT2D eigenvalue weighted by Crippen LogP contribution is -2.41. The Morgan fingerprint density at radius 1 is 1.22 bits per heavy atom. The molecular weight excluding hydrogens is 408 g/mol. The average molecular weight is 427 g/mol. The number of hydrogen-bond donors (Lipinski definition) is 0. The second kappa shape index (κ2) is 9.36. The number of carbonyl (C=O) groups excluding carboxylic acids is 1. The monoisotopic (exact) mass is 426 g/mol. The number of nitriles is 1. The highest BCUT2D eigenvalue weighted by atomic mass is 79.9. The van der Waals surface area contributed by atoms with E-state index in [1.54, 1.807) is 11.0 Å². The standard InChI is InChI=1S/C21H19BrN2O3/c22-19-6-7-20(27-15-16-4-2-1-3-5-16)17(13-19)12-18(14-23)21(25)24-8-10-26-11-9-24/h1-7,12-13H,8-11,15H2. The Hall–Kier alpha value is -2.62. The summed E-state index contributed by atoms with van der Waals surface area (Å²) in [6, 6.07) is 17.4. The predicted molar refractivity (Wildman–Crippen MR) is 106 cm³/mol. The number of halogens is 1. The van der Waals surface area contributed by atoms with Gasteiger partial charge >= 0.3 is 0 Å². The summed E-state index contributed by atoms with van der Waals surface area (Å²) in [4.78, 5) is 14.3. The highest BCUT2D eigenvalue weighted by molar-refractivity contribution is 9.10. The number of carbonyl (C=O) groups is 1. The number of nitrogens with zero attached hydrogens (tertiary/aromatic N) is 2. The highest BCUT2D eigenvalue weighted by Gasteiger charge is 2.21. The maximum absolute atomic E-state index is 12.6. The van der Waals surface area contributed by atoms with Crippen LogP contribution in [0.5, 0.6) is 5.75 Å². The van der Waals surface area contributed by atoms with E-state index in [9.17, 15) is 10.1 Å². The van der Waals surface area contributed by atoms with Crippen molar-refractivity contribution in [2.45, 2.75) is 6.61 Å². The van der Waals surface area contributed by atoms with Gasteiger partial charge in [-0.25, -0.2) is 0 Å². The van der Waals surface area contributed by atoms with Crippen LogP contribution in [0.3, 0.4) is 0 Å². The van der Waals surface area contributed by atoms with Crippen LogP contribution in [0.25, 0.3) is 6.08 Å². The van der Waals surface area contributed by atoms with Crippen molar-refractivity contribution in [3.63, 3.8) is 0 Å². The Kier molecular flexibility index (Phi) is 6.64. The molecule has 2 aromatic carbocycles. The van der Waals surface area contributed by atoms with Crippen molar-refractivity contribution in [3.05, 3.63) is 69.7 Å². The summed E-state index contributed by atoms with van der Waals surface area (Å²) in [5, 5.41) is 9.51. The van der Waals surface area contributed by atoms with Crippen molar-refractivity contribution >= 4 is 27.9 Å². The van der Waals surface area contributed by atoms with Gasteiger partial charge in [0, 0.05) is 23.1 Å². The first-order valence-electron chi connectivity index (χ1n) is 8.62. The Bertz CT molecular complexity index is 869. The number of benzene rings is 2. The fourth-order valence-electron chi connectivity index (χ4n) is 2.73.